The fraction of sp³-hybridized carbons (Fsp3) is 0.381. The van der Waals surface area contributed by atoms with Crippen LogP contribution in [0.1, 0.15) is 15.9 Å². The minimum absolute atomic E-state index is 0.0899. The van der Waals surface area contributed by atoms with E-state index in [2.05, 4.69) is 22.3 Å². The van der Waals surface area contributed by atoms with E-state index in [0.717, 1.165) is 19.6 Å². The van der Waals surface area contributed by atoms with E-state index in [1.54, 1.807) is 6.07 Å². The second kappa shape index (κ2) is 10.7. The summed E-state index contributed by atoms with van der Waals surface area (Å²) >= 11 is 11.8. The molecule has 1 heterocycles. The summed E-state index contributed by atoms with van der Waals surface area (Å²) in [5, 5.41) is 3.22. The number of rotatable bonds is 8. The van der Waals surface area contributed by atoms with Gasteiger partial charge in [-0.2, -0.15) is 0 Å². The summed E-state index contributed by atoms with van der Waals surface area (Å²) in [6, 6.07) is 13.4. The molecule has 6 nitrogen and oxygen atoms in total. The van der Waals surface area contributed by atoms with Crippen LogP contribution in [0.3, 0.4) is 0 Å². The molecule has 1 unspecified atom stereocenters. The first-order chi connectivity index (χ1) is 14.1. The number of ether oxygens (including phenoxy) is 2. The van der Waals surface area contributed by atoms with E-state index in [0.29, 0.717) is 41.1 Å². The maximum atomic E-state index is 12.7. The number of nitrogens with one attached hydrogen (secondary N) is 1. The fourth-order valence-electron chi connectivity index (χ4n) is 3.21. The molecule has 156 valence electrons. The van der Waals surface area contributed by atoms with E-state index in [1.807, 2.05) is 18.2 Å². The summed E-state index contributed by atoms with van der Waals surface area (Å²) in [4.78, 5) is 15.0. The summed E-state index contributed by atoms with van der Waals surface area (Å²) in [5.74, 6) is 0.372. The number of nitrogens with zero attached hydrogens (tertiary/aromatic N) is 1. The van der Waals surface area contributed by atoms with Crippen molar-refractivity contribution in [3.05, 3.63) is 58.6 Å². The van der Waals surface area contributed by atoms with Gasteiger partial charge in [-0.1, -0.05) is 41.9 Å². The molecule has 29 heavy (non-hydrogen) atoms. The number of amides is 1. The lowest BCUT2D eigenvalue weighted by Gasteiger charge is -2.33. The lowest BCUT2D eigenvalue weighted by molar-refractivity contribution is -0.0292. The molecule has 0 radical (unpaired) electrons. The van der Waals surface area contributed by atoms with Gasteiger partial charge in [-0.3, -0.25) is 9.69 Å². The molecule has 3 N–H and O–H groups in total. The van der Waals surface area contributed by atoms with Crippen LogP contribution in [0.2, 0.25) is 5.02 Å². The second-order valence-corrected chi connectivity index (χ2v) is 7.62. The molecule has 0 spiro atoms. The first kappa shape index (κ1) is 21.7. The SMILES string of the molecule is Nc1cc(OCCCl)c(C(=O)NCC2CN(Cc3ccccc3)CCO2)cc1Cl. The molecular formula is C21H25Cl2N3O3. The molecule has 1 aliphatic rings. The molecule has 0 saturated carbocycles. The highest BCUT2D eigenvalue weighted by Crippen LogP contribution is 2.29. The molecule has 2 aromatic rings. The van der Waals surface area contributed by atoms with Crippen LogP contribution in [0.15, 0.2) is 42.5 Å². The van der Waals surface area contributed by atoms with E-state index in [4.69, 9.17) is 38.4 Å². The number of morpholine rings is 1. The Balaban J connectivity index is 1.58. The highest BCUT2D eigenvalue weighted by molar-refractivity contribution is 6.33. The van der Waals surface area contributed by atoms with Gasteiger partial charge < -0.3 is 20.5 Å². The van der Waals surface area contributed by atoms with Crippen LogP contribution in [0.25, 0.3) is 0 Å². The molecule has 8 heteroatoms. The molecule has 2 aromatic carbocycles. The van der Waals surface area contributed by atoms with Crippen molar-refractivity contribution in [1.29, 1.82) is 0 Å². The minimum atomic E-state index is -0.291. The molecule has 3 rings (SSSR count). The average molecular weight is 438 g/mol. The van der Waals surface area contributed by atoms with Crippen LogP contribution in [0.4, 0.5) is 5.69 Å². The third-order valence-corrected chi connectivity index (χ3v) is 5.12. The van der Waals surface area contributed by atoms with Crippen LogP contribution < -0.4 is 15.8 Å². The highest BCUT2D eigenvalue weighted by Gasteiger charge is 2.22. The summed E-state index contributed by atoms with van der Waals surface area (Å²) in [6.07, 6.45) is -0.0899. The Bertz CT molecular complexity index is 820. The number of nitrogens with two attached hydrogens (primary N) is 1. The highest BCUT2D eigenvalue weighted by atomic mass is 35.5. The molecule has 1 amide bonds. The van der Waals surface area contributed by atoms with Gasteiger partial charge in [0, 0.05) is 32.2 Å². The molecule has 1 fully saturated rings. The van der Waals surface area contributed by atoms with Gasteiger partial charge in [-0.05, 0) is 11.6 Å². The average Bonchev–Trinajstić information content (AvgIpc) is 2.73. The number of hydrogen-bond donors (Lipinski definition) is 2. The third kappa shape index (κ3) is 6.24. The van der Waals surface area contributed by atoms with Crippen LogP contribution in [0, 0.1) is 0 Å². The first-order valence-corrected chi connectivity index (χ1v) is 10.4. The van der Waals surface area contributed by atoms with Crippen molar-refractivity contribution in [2.45, 2.75) is 12.6 Å². The largest absolute Gasteiger partial charge is 0.491 e. The summed E-state index contributed by atoms with van der Waals surface area (Å²) < 4.78 is 11.4. The first-order valence-electron chi connectivity index (χ1n) is 9.50. The Labute approximate surface area is 180 Å². The van der Waals surface area contributed by atoms with Crippen molar-refractivity contribution < 1.29 is 14.3 Å². The van der Waals surface area contributed by atoms with E-state index in [9.17, 15) is 4.79 Å². The van der Waals surface area contributed by atoms with Crippen molar-refractivity contribution in [3.63, 3.8) is 0 Å². The van der Waals surface area contributed by atoms with Gasteiger partial charge in [0.2, 0.25) is 0 Å². The van der Waals surface area contributed by atoms with E-state index < -0.39 is 0 Å². The van der Waals surface area contributed by atoms with Crippen LogP contribution in [0.5, 0.6) is 5.75 Å². The van der Waals surface area contributed by atoms with E-state index >= 15 is 0 Å². The Morgan fingerprint density at radius 3 is 2.86 bits per heavy atom. The second-order valence-electron chi connectivity index (χ2n) is 6.83. The van der Waals surface area contributed by atoms with E-state index in [1.165, 1.54) is 11.6 Å². The number of carbonyl (C=O) groups is 1. The molecule has 1 atom stereocenters. The lowest BCUT2D eigenvalue weighted by Crippen LogP contribution is -2.47. The number of nitrogen functional groups attached to an aromatic ring is 1. The van der Waals surface area contributed by atoms with Crippen LogP contribution in [-0.2, 0) is 11.3 Å². The zero-order valence-electron chi connectivity index (χ0n) is 16.1. The normalized spacial score (nSPS) is 17.1. The van der Waals surface area contributed by atoms with Crippen LogP contribution >= 0.6 is 23.2 Å². The van der Waals surface area contributed by atoms with Crippen LogP contribution in [-0.4, -0.2) is 55.6 Å². The van der Waals surface area contributed by atoms with Crippen molar-refractivity contribution in [2.24, 2.45) is 0 Å². The predicted octanol–water partition coefficient (Wildman–Crippen LogP) is 3.17. The van der Waals surface area contributed by atoms with Crippen molar-refractivity contribution in [2.75, 3.05) is 44.5 Å². The zero-order chi connectivity index (χ0) is 20.6. The quantitative estimate of drug-likeness (QED) is 0.489. The lowest BCUT2D eigenvalue weighted by atomic mass is 10.1. The number of halogens is 2. The number of alkyl halides is 1. The number of carbonyl (C=O) groups excluding carboxylic acids is 1. The standard InChI is InChI=1S/C21H25Cl2N3O3/c22-6-8-29-20-11-19(24)18(23)10-17(20)21(27)25-12-16-14-26(7-9-28-16)13-15-4-2-1-3-5-15/h1-5,10-11,16H,6-9,12-14,24H2,(H,25,27). The number of anilines is 1. The number of benzene rings is 2. The minimum Gasteiger partial charge on any atom is -0.491 e. The monoisotopic (exact) mass is 437 g/mol. The predicted molar refractivity (Wildman–Crippen MR) is 116 cm³/mol. The van der Waals surface area contributed by atoms with Gasteiger partial charge in [0.25, 0.3) is 5.91 Å². The van der Waals surface area contributed by atoms with Gasteiger partial charge in [-0.15, -0.1) is 11.6 Å². The Morgan fingerprint density at radius 1 is 1.31 bits per heavy atom. The van der Waals surface area contributed by atoms with Gasteiger partial charge in [-0.25, -0.2) is 0 Å². The van der Waals surface area contributed by atoms with Crippen molar-refractivity contribution in [1.82, 2.24) is 10.2 Å². The molecule has 1 aliphatic heterocycles. The Morgan fingerprint density at radius 2 is 2.10 bits per heavy atom. The third-order valence-electron chi connectivity index (χ3n) is 4.64. The summed E-state index contributed by atoms with van der Waals surface area (Å²) in [6.45, 7) is 3.75. The molecule has 0 aromatic heterocycles. The maximum Gasteiger partial charge on any atom is 0.255 e. The van der Waals surface area contributed by atoms with Gasteiger partial charge in [0.05, 0.1) is 34.9 Å². The topological polar surface area (TPSA) is 76.8 Å². The zero-order valence-corrected chi connectivity index (χ0v) is 17.6. The fourth-order valence-corrected chi connectivity index (χ4v) is 3.45. The smallest absolute Gasteiger partial charge is 0.255 e. The maximum absolute atomic E-state index is 12.7. The summed E-state index contributed by atoms with van der Waals surface area (Å²) in [7, 11) is 0. The van der Waals surface area contributed by atoms with Crippen molar-refractivity contribution >= 4 is 34.8 Å². The van der Waals surface area contributed by atoms with Gasteiger partial charge in [0.15, 0.2) is 0 Å². The molecule has 0 bridgehead atoms. The van der Waals surface area contributed by atoms with E-state index in [-0.39, 0.29) is 18.6 Å². The van der Waals surface area contributed by atoms with Crippen molar-refractivity contribution in [3.8, 4) is 5.75 Å². The van der Waals surface area contributed by atoms with Gasteiger partial charge in [0.1, 0.15) is 12.4 Å². The summed E-state index contributed by atoms with van der Waals surface area (Å²) in [5.41, 5.74) is 7.76. The number of hydrogen-bond acceptors (Lipinski definition) is 5. The Hall–Kier alpha value is -1.99. The Kier molecular flexibility index (Phi) is 8.00. The molecule has 1 saturated heterocycles. The molecular weight excluding hydrogens is 413 g/mol. The molecule has 0 aliphatic carbocycles. The van der Waals surface area contributed by atoms with Gasteiger partial charge >= 0.3 is 0 Å².